The molecule has 6 rings (SSSR count). The van der Waals surface area contributed by atoms with Gasteiger partial charge >= 0.3 is 0 Å². The topological polar surface area (TPSA) is 92.4 Å². The lowest BCUT2D eigenvalue weighted by Crippen LogP contribution is -2.59. The molecule has 2 saturated heterocycles. The summed E-state index contributed by atoms with van der Waals surface area (Å²) in [5.41, 5.74) is 0.406. The molecule has 2 atom stereocenters. The fraction of sp³-hybridized carbons (Fsp3) is 0.519. The summed E-state index contributed by atoms with van der Waals surface area (Å²) in [6, 6.07) is 12.2. The Morgan fingerprint density at radius 3 is 2.63 bits per heavy atom. The molecule has 1 saturated carbocycles. The molecule has 2 aliphatic heterocycles. The number of fused-ring (bicyclic) bond motifs is 1. The van der Waals surface area contributed by atoms with Crippen LogP contribution in [0.2, 0.25) is 0 Å². The summed E-state index contributed by atoms with van der Waals surface area (Å²) >= 11 is 0. The number of rotatable bonds is 5. The molecule has 8 nitrogen and oxygen atoms in total. The molecule has 35 heavy (non-hydrogen) atoms. The first-order valence-electron chi connectivity index (χ1n) is 12.9. The number of carbonyl (C=O) groups excluding carboxylic acids is 1. The van der Waals surface area contributed by atoms with Crippen LogP contribution in [0.3, 0.4) is 0 Å². The van der Waals surface area contributed by atoms with Crippen molar-refractivity contribution in [2.24, 2.45) is 5.92 Å². The number of nitrogens with one attached hydrogen (secondary N) is 1. The SMILES string of the molecule is O=C(N1CCC(Cn2cnc3c(ccn3C3CC3)c2=O)CC1)[C@@]1(O)CCNC[C@H]1c1ccccc1. The van der Waals surface area contributed by atoms with Crippen LogP contribution in [-0.2, 0) is 11.3 Å². The van der Waals surface area contributed by atoms with Gasteiger partial charge in [0, 0.05) is 44.3 Å². The van der Waals surface area contributed by atoms with Gasteiger partial charge in [-0.2, -0.15) is 0 Å². The van der Waals surface area contributed by atoms with E-state index in [-0.39, 0.29) is 17.4 Å². The largest absolute Gasteiger partial charge is 0.379 e. The molecule has 184 valence electrons. The Hall–Kier alpha value is -2.97. The number of hydrogen-bond acceptors (Lipinski definition) is 5. The van der Waals surface area contributed by atoms with Crippen molar-refractivity contribution in [1.29, 1.82) is 0 Å². The van der Waals surface area contributed by atoms with Crippen LogP contribution in [0.5, 0.6) is 0 Å². The van der Waals surface area contributed by atoms with E-state index in [1.807, 2.05) is 47.5 Å². The first-order valence-corrected chi connectivity index (χ1v) is 12.9. The van der Waals surface area contributed by atoms with Gasteiger partial charge in [0.2, 0.25) is 0 Å². The third-order valence-corrected chi connectivity index (χ3v) is 8.17. The van der Waals surface area contributed by atoms with Crippen molar-refractivity contribution in [3.8, 4) is 0 Å². The summed E-state index contributed by atoms with van der Waals surface area (Å²) in [4.78, 5) is 33.1. The van der Waals surface area contributed by atoms with Crippen LogP contribution < -0.4 is 10.9 Å². The average Bonchev–Trinajstić information content (AvgIpc) is 3.65. The Bertz CT molecular complexity index is 1270. The van der Waals surface area contributed by atoms with Crippen LogP contribution in [0.25, 0.3) is 11.0 Å². The van der Waals surface area contributed by atoms with Gasteiger partial charge < -0.3 is 19.9 Å². The number of aliphatic hydroxyl groups is 1. The molecule has 4 heterocycles. The highest BCUT2D eigenvalue weighted by Crippen LogP contribution is 2.37. The highest BCUT2D eigenvalue weighted by atomic mass is 16.3. The highest BCUT2D eigenvalue weighted by Gasteiger charge is 2.48. The smallest absolute Gasteiger partial charge is 0.262 e. The Labute approximate surface area is 204 Å². The monoisotopic (exact) mass is 475 g/mol. The summed E-state index contributed by atoms with van der Waals surface area (Å²) in [6.45, 7) is 3.03. The van der Waals surface area contributed by atoms with Gasteiger partial charge in [0.15, 0.2) is 5.60 Å². The summed E-state index contributed by atoms with van der Waals surface area (Å²) < 4.78 is 3.85. The molecule has 0 bridgehead atoms. The maximum absolute atomic E-state index is 13.6. The van der Waals surface area contributed by atoms with E-state index in [1.165, 1.54) is 0 Å². The molecule has 2 aromatic heterocycles. The third-order valence-electron chi connectivity index (χ3n) is 8.17. The molecule has 1 amide bonds. The second-order valence-corrected chi connectivity index (χ2v) is 10.5. The molecular weight excluding hydrogens is 442 g/mol. The summed E-state index contributed by atoms with van der Waals surface area (Å²) in [6.07, 6.45) is 8.01. The molecule has 3 aliphatic rings. The van der Waals surface area contributed by atoms with Crippen LogP contribution in [0.4, 0.5) is 0 Å². The zero-order chi connectivity index (χ0) is 24.0. The molecule has 0 radical (unpaired) electrons. The molecular formula is C27H33N5O3. The minimum atomic E-state index is -1.39. The number of likely N-dealkylation sites (tertiary alicyclic amines) is 1. The van der Waals surface area contributed by atoms with Crippen molar-refractivity contribution in [3.05, 3.63) is 64.8 Å². The normalized spacial score (nSPS) is 25.7. The number of benzene rings is 1. The van der Waals surface area contributed by atoms with Crippen molar-refractivity contribution in [2.75, 3.05) is 26.2 Å². The van der Waals surface area contributed by atoms with Crippen LogP contribution in [-0.4, -0.2) is 61.8 Å². The summed E-state index contributed by atoms with van der Waals surface area (Å²) in [5, 5.41) is 15.6. The van der Waals surface area contributed by atoms with Gasteiger partial charge in [-0.1, -0.05) is 30.3 Å². The predicted octanol–water partition coefficient (Wildman–Crippen LogP) is 2.28. The molecule has 0 unspecified atom stereocenters. The van der Waals surface area contributed by atoms with Gasteiger partial charge in [0.1, 0.15) is 5.65 Å². The maximum Gasteiger partial charge on any atom is 0.262 e. The average molecular weight is 476 g/mol. The van der Waals surface area contributed by atoms with Gasteiger partial charge in [0.25, 0.3) is 11.5 Å². The van der Waals surface area contributed by atoms with E-state index < -0.39 is 5.60 Å². The van der Waals surface area contributed by atoms with E-state index in [2.05, 4.69) is 14.9 Å². The minimum Gasteiger partial charge on any atom is -0.379 e. The fourth-order valence-corrected chi connectivity index (χ4v) is 5.93. The van der Waals surface area contributed by atoms with Gasteiger partial charge in [-0.15, -0.1) is 0 Å². The Kier molecular flexibility index (Phi) is 5.73. The molecule has 1 aliphatic carbocycles. The number of aromatic nitrogens is 3. The van der Waals surface area contributed by atoms with Crippen molar-refractivity contribution in [1.82, 2.24) is 24.3 Å². The lowest BCUT2D eigenvalue weighted by molar-refractivity contribution is -0.158. The van der Waals surface area contributed by atoms with Gasteiger partial charge in [-0.3, -0.25) is 14.2 Å². The lowest BCUT2D eigenvalue weighted by Gasteiger charge is -2.43. The van der Waals surface area contributed by atoms with Crippen LogP contribution in [0.15, 0.2) is 53.7 Å². The van der Waals surface area contributed by atoms with Crippen molar-refractivity contribution >= 4 is 16.9 Å². The van der Waals surface area contributed by atoms with Gasteiger partial charge in [0.05, 0.1) is 11.7 Å². The second-order valence-electron chi connectivity index (χ2n) is 10.5. The maximum atomic E-state index is 13.6. The molecule has 8 heteroatoms. The standard InChI is InChI=1S/C27H33N5O3/c33-25-22-10-15-32(21-6-7-21)24(22)29-18-31(25)17-19-8-13-30(14-9-19)26(34)27(35)11-12-28-16-23(27)20-4-2-1-3-5-20/h1-5,10,15,18-19,21,23,28,35H,6-9,11-14,16-17H2/t23-,27+/m0/s1. The molecule has 3 aromatic rings. The van der Waals surface area contributed by atoms with E-state index in [0.717, 1.165) is 36.9 Å². The summed E-state index contributed by atoms with van der Waals surface area (Å²) in [7, 11) is 0. The van der Waals surface area contributed by atoms with Crippen LogP contribution in [0, 0.1) is 5.92 Å². The first-order chi connectivity index (χ1) is 17.0. The zero-order valence-electron chi connectivity index (χ0n) is 20.0. The highest BCUT2D eigenvalue weighted by molar-refractivity contribution is 5.86. The second kappa shape index (κ2) is 8.91. The van der Waals surface area contributed by atoms with E-state index in [4.69, 9.17) is 0 Å². The quantitative estimate of drug-likeness (QED) is 0.591. The molecule has 0 spiro atoms. The number of hydrogen-bond donors (Lipinski definition) is 2. The number of amides is 1. The summed E-state index contributed by atoms with van der Waals surface area (Å²) in [5.74, 6) is -0.121. The first kappa shape index (κ1) is 22.5. The predicted molar refractivity (Wildman–Crippen MR) is 133 cm³/mol. The van der Waals surface area contributed by atoms with E-state index in [1.54, 1.807) is 10.9 Å². The van der Waals surface area contributed by atoms with Crippen molar-refractivity contribution < 1.29 is 9.90 Å². The number of piperidine rings is 2. The molecule has 3 fully saturated rings. The number of carbonyl (C=O) groups is 1. The van der Waals surface area contributed by atoms with Crippen molar-refractivity contribution in [2.45, 2.75) is 56.2 Å². The van der Waals surface area contributed by atoms with E-state index in [0.29, 0.717) is 56.5 Å². The van der Waals surface area contributed by atoms with E-state index in [9.17, 15) is 14.7 Å². The zero-order valence-corrected chi connectivity index (χ0v) is 20.0. The van der Waals surface area contributed by atoms with Crippen molar-refractivity contribution in [3.63, 3.8) is 0 Å². The Morgan fingerprint density at radius 1 is 1.11 bits per heavy atom. The third kappa shape index (κ3) is 4.08. The number of nitrogens with zero attached hydrogens (tertiary/aromatic N) is 4. The Morgan fingerprint density at radius 2 is 1.89 bits per heavy atom. The van der Waals surface area contributed by atoms with Gasteiger partial charge in [-0.05, 0) is 56.2 Å². The minimum absolute atomic E-state index is 0.0163. The Balaban J connectivity index is 1.13. The van der Waals surface area contributed by atoms with Crippen LogP contribution >= 0.6 is 0 Å². The molecule has 1 aromatic carbocycles. The van der Waals surface area contributed by atoms with Gasteiger partial charge in [-0.25, -0.2) is 4.98 Å². The van der Waals surface area contributed by atoms with Crippen LogP contribution in [0.1, 0.15) is 49.6 Å². The molecule has 2 N–H and O–H groups in total. The van der Waals surface area contributed by atoms with E-state index >= 15 is 0 Å². The fourth-order valence-electron chi connectivity index (χ4n) is 5.93. The lowest BCUT2D eigenvalue weighted by atomic mass is 9.76.